The van der Waals surface area contributed by atoms with Gasteiger partial charge >= 0.3 is 0 Å². The van der Waals surface area contributed by atoms with Gasteiger partial charge < -0.3 is 16.0 Å². The largest absolute Gasteiger partial charge is 0.321 e. The predicted octanol–water partition coefficient (Wildman–Crippen LogP) is 6.73. The standard InChI is InChI=1S/C33H32N4O3S/c1-22(2)25-17-15-24(16-18-25)20-29(36-32(39)26-10-5-4-6-11-26)33(40)35-27-12-9-13-28(21-27)41-23(3)31(38)37-30-14-7-8-19-34-30/h4-23H,1-3H3,(H,35,40)(H,36,39)(H,34,37,38)/b29-20+. The Kier molecular flexibility index (Phi) is 10.1. The highest BCUT2D eigenvalue weighted by atomic mass is 32.2. The summed E-state index contributed by atoms with van der Waals surface area (Å²) in [4.78, 5) is 43.9. The fraction of sp³-hybridized carbons (Fsp3) is 0.152. The van der Waals surface area contributed by atoms with E-state index in [2.05, 4.69) is 34.8 Å². The van der Waals surface area contributed by atoms with E-state index in [9.17, 15) is 14.4 Å². The number of aromatic nitrogens is 1. The maximum absolute atomic E-state index is 13.4. The van der Waals surface area contributed by atoms with Gasteiger partial charge in [-0.15, -0.1) is 11.8 Å². The van der Waals surface area contributed by atoms with Crippen molar-refractivity contribution in [2.45, 2.75) is 36.8 Å². The number of thioether (sulfide) groups is 1. The molecule has 3 N–H and O–H groups in total. The minimum absolute atomic E-state index is 0.109. The van der Waals surface area contributed by atoms with Gasteiger partial charge in [0.25, 0.3) is 11.8 Å². The fourth-order valence-electron chi connectivity index (χ4n) is 3.85. The summed E-state index contributed by atoms with van der Waals surface area (Å²) in [7, 11) is 0. The van der Waals surface area contributed by atoms with Crippen molar-refractivity contribution in [3.05, 3.63) is 126 Å². The maximum atomic E-state index is 13.4. The third kappa shape index (κ3) is 8.65. The number of benzene rings is 3. The van der Waals surface area contributed by atoms with Crippen molar-refractivity contribution in [2.75, 3.05) is 10.6 Å². The topological polar surface area (TPSA) is 100 Å². The molecular weight excluding hydrogens is 532 g/mol. The third-order valence-corrected chi connectivity index (χ3v) is 7.23. The number of nitrogens with zero attached hydrogens (tertiary/aromatic N) is 1. The molecule has 0 spiro atoms. The van der Waals surface area contributed by atoms with Gasteiger partial charge in [0.05, 0.1) is 5.25 Å². The Labute approximate surface area is 244 Å². The lowest BCUT2D eigenvalue weighted by Crippen LogP contribution is -2.30. The van der Waals surface area contributed by atoms with Gasteiger partial charge in [0.2, 0.25) is 5.91 Å². The van der Waals surface area contributed by atoms with Crippen molar-refractivity contribution >= 4 is 47.1 Å². The lowest BCUT2D eigenvalue weighted by atomic mass is 10.0. The van der Waals surface area contributed by atoms with E-state index in [1.807, 2.05) is 36.4 Å². The van der Waals surface area contributed by atoms with E-state index in [4.69, 9.17) is 0 Å². The molecule has 0 bridgehead atoms. The first-order valence-electron chi connectivity index (χ1n) is 13.3. The minimum Gasteiger partial charge on any atom is -0.321 e. The molecule has 0 saturated heterocycles. The summed E-state index contributed by atoms with van der Waals surface area (Å²) in [5.41, 5.74) is 3.05. The quantitative estimate of drug-likeness (QED) is 0.146. The Morgan fingerprint density at radius 1 is 0.805 bits per heavy atom. The van der Waals surface area contributed by atoms with Gasteiger partial charge in [0.15, 0.2) is 0 Å². The van der Waals surface area contributed by atoms with Crippen LogP contribution in [0.1, 0.15) is 48.2 Å². The van der Waals surface area contributed by atoms with Crippen molar-refractivity contribution < 1.29 is 14.4 Å². The molecule has 0 saturated carbocycles. The fourth-order valence-corrected chi connectivity index (χ4v) is 4.78. The Hall–Kier alpha value is -4.69. The lowest BCUT2D eigenvalue weighted by Gasteiger charge is -2.14. The van der Waals surface area contributed by atoms with Crippen LogP contribution in [-0.4, -0.2) is 28.0 Å². The highest BCUT2D eigenvalue weighted by Gasteiger charge is 2.17. The molecule has 8 heteroatoms. The van der Waals surface area contributed by atoms with Crippen LogP contribution in [0.25, 0.3) is 6.08 Å². The highest BCUT2D eigenvalue weighted by Crippen LogP contribution is 2.27. The van der Waals surface area contributed by atoms with Gasteiger partial charge in [-0.25, -0.2) is 4.98 Å². The van der Waals surface area contributed by atoms with Gasteiger partial charge in [-0.3, -0.25) is 14.4 Å². The molecule has 4 aromatic rings. The Morgan fingerprint density at radius 2 is 1.54 bits per heavy atom. The van der Waals surface area contributed by atoms with Gasteiger partial charge in [-0.1, -0.05) is 68.4 Å². The van der Waals surface area contributed by atoms with Crippen molar-refractivity contribution in [1.82, 2.24) is 10.3 Å². The van der Waals surface area contributed by atoms with Gasteiger partial charge in [0.1, 0.15) is 11.5 Å². The molecule has 1 unspecified atom stereocenters. The molecule has 3 amide bonds. The summed E-state index contributed by atoms with van der Waals surface area (Å²) in [6.07, 6.45) is 3.27. The molecule has 7 nitrogen and oxygen atoms in total. The second kappa shape index (κ2) is 14.1. The van der Waals surface area contributed by atoms with Crippen LogP contribution < -0.4 is 16.0 Å². The second-order valence-electron chi connectivity index (χ2n) is 9.65. The predicted molar refractivity (Wildman–Crippen MR) is 166 cm³/mol. The van der Waals surface area contributed by atoms with Crippen LogP contribution in [0.5, 0.6) is 0 Å². The van der Waals surface area contributed by atoms with E-state index < -0.39 is 11.2 Å². The first-order valence-corrected chi connectivity index (χ1v) is 14.1. The number of nitrogens with one attached hydrogen (secondary N) is 3. The molecule has 0 aliphatic rings. The number of carbonyl (C=O) groups excluding carboxylic acids is 3. The van der Waals surface area contributed by atoms with Crippen molar-refractivity contribution in [3.8, 4) is 0 Å². The molecule has 1 heterocycles. The Bertz CT molecular complexity index is 1520. The van der Waals surface area contributed by atoms with Gasteiger partial charge in [-0.2, -0.15) is 0 Å². The number of amides is 3. The number of hydrogen-bond donors (Lipinski definition) is 3. The number of carbonyl (C=O) groups is 3. The summed E-state index contributed by atoms with van der Waals surface area (Å²) in [6.45, 7) is 6.03. The molecule has 41 heavy (non-hydrogen) atoms. The molecule has 0 radical (unpaired) electrons. The first kappa shape index (κ1) is 29.3. The summed E-state index contributed by atoms with van der Waals surface area (Å²) >= 11 is 1.36. The van der Waals surface area contributed by atoms with Crippen LogP contribution in [0.2, 0.25) is 0 Å². The monoisotopic (exact) mass is 564 g/mol. The number of rotatable bonds is 10. The molecule has 1 atom stereocenters. The average Bonchev–Trinajstić information content (AvgIpc) is 2.98. The van der Waals surface area contributed by atoms with Crippen LogP contribution in [0.15, 0.2) is 114 Å². The van der Waals surface area contributed by atoms with Crippen molar-refractivity contribution in [2.24, 2.45) is 0 Å². The third-order valence-electron chi connectivity index (χ3n) is 6.13. The number of pyridine rings is 1. The SMILES string of the molecule is CC(Sc1cccc(NC(=O)/C(=C\c2ccc(C(C)C)cc2)NC(=O)c2ccccc2)c1)C(=O)Nc1ccccn1. The van der Waals surface area contributed by atoms with Crippen molar-refractivity contribution in [1.29, 1.82) is 0 Å². The van der Waals surface area contributed by atoms with Gasteiger partial charge in [0, 0.05) is 22.3 Å². The normalized spacial score (nSPS) is 12.0. The number of hydrogen-bond acceptors (Lipinski definition) is 5. The molecule has 0 aliphatic heterocycles. The average molecular weight is 565 g/mol. The Morgan fingerprint density at radius 3 is 2.22 bits per heavy atom. The van der Waals surface area contributed by atoms with E-state index in [0.29, 0.717) is 23.0 Å². The molecule has 1 aromatic heterocycles. The van der Waals surface area contributed by atoms with Crippen molar-refractivity contribution in [3.63, 3.8) is 0 Å². The van der Waals surface area contributed by atoms with Crippen LogP contribution in [-0.2, 0) is 9.59 Å². The molecule has 4 rings (SSSR count). The zero-order valence-corrected chi connectivity index (χ0v) is 23.9. The molecule has 0 aliphatic carbocycles. The van der Waals surface area contributed by atoms with E-state index in [1.165, 1.54) is 17.3 Å². The molecular formula is C33H32N4O3S. The molecule has 208 valence electrons. The summed E-state index contributed by atoms with van der Waals surface area (Å²) in [6, 6.07) is 29.1. The van der Waals surface area contributed by atoms with Crippen LogP contribution in [0, 0.1) is 0 Å². The lowest BCUT2D eigenvalue weighted by molar-refractivity contribution is -0.115. The van der Waals surface area contributed by atoms with E-state index in [-0.39, 0.29) is 17.5 Å². The van der Waals surface area contributed by atoms with E-state index >= 15 is 0 Å². The first-order chi connectivity index (χ1) is 19.8. The molecule has 3 aromatic carbocycles. The Balaban J connectivity index is 1.49. The summed E-state index contributed by atoms with van der Waals surface area (Å²) < 4.78 is 0. The number of anilines is 2. The van der Waals surface area contributed by atoms with E-state index in [0.717, 1.165) is 10.5 Å². The zero-order valence-electron chi connectivity index (χ0n) is 23.1. The van der Waals surface area contributed by atoms with E-state index in [1.54, 1.807) is 79.9 Å². The molecule has 0 fully saturated rings. The van der Waals surface area contributed by atoms with Gasteiger partial charge in [-0.05, 0) is 72.5 Å². The van der Waals surface area contributed by atoms with Crippen LogP contribution in [0.4, 0.5) is 11.5 Å². The second-order valence-corrected chi connectivity index (χ2v) is 11.1. The van der Waals surface area contributed by atoms with Crippen LogP contribution in [0.3, 0.4) is 0 Å². The maximum Gasteiger partial charge on any atom is 0.272 e. The summed E-state index contributed by atoms with van der Waals surface area (Å²) in [5.74, 6) is -0.169. The zero-order chi connectivity index (χ0) is 29.2. The smallest absolute Gasteiger partial charge is 0.272 e. The van der Waals surface area contributed by atoms with Crippen LogP contribution >= 0.6 is 11.8 Å². The summed E-state index contributed by atoms with van der Waals surface area (Å²) in [5, 5.41) is 8.05. The highest BCUT2D eigenvalue weighted by molar-refractivity contribution is 8.00. The minimum atomic E-state index is -0.467.